The lowest BCUT2D eigenvalue weighted by atomic mass is 9.78. The Bertz CT molecular complexity index is 595. The first kappa shape index (κ1) is 16.7. The molecule has 0 nitrogen and oxygen atoms in total. The van der Waals surface area contributed by atoms with Crippen LogP contribution >= 0.6 is 34.8 Å². The topological polar surface area (TPSA) is 0 Å². The molecular weight excluding hydrogens is 323 g/mol. The van der Waals surface area contributed by atoms with Gasteiger partial charge in [-0.3, -0.25) is 0 Å². The van der Waals surface area contributed by atoms with Gasteiger partial charge in [-0.25, -0.2) is 0 Å². The van der Waals surface area contributed by atoms with Crippen LogP contribution in [0.15, 0.2) is 42.5 Å². The van der Waals surface area contributed by atoms with Gasteiger partial charge in [0.15, 0.2) is 0 Å². The van der Waals surface area contributed by atoms with E-state index in [4.69, 9.17) is 34.8 Å². The third-order valence-electron chi connectivity index (χ3n) is 3.78. The van der Waals surface area contributed by atoms with Crippen molar-refractivity contribution in [2.45, 2.75) is 25.7 Å². The van der Waals surface area contributed by atoms with Crippen LogP contribution in [0.4, 0.5) is 0 Å². The average Bonchev–Trinajstić information content (AvgIpc) is 2.44. The second-order valence-electron chi connectivity index (χ2n) is 5.70. The van der Waals surface area contributed by atoms with Crippen molar-refractivity contribution >= 4 is 34.8 Å². The van der Waals surface area contributed by atoms with Crippen LogP contribution in [0, 0.1) is 13.8 Å². The van der Waals surface area contributed by atoms with Crippen LogP contribution in [0.25, 0.3) is 0 Å². The van der Waals surface area contributed by atoms with E-state index in [1.165, 1.54) is 16.7 Å². The summed E-state index contributed by atoms with van der Waals surface area (Å²) in [5.74, 6) is 0.875. The van der Waals surface area contributed by atoms with Crippen LogP contribution in [-0.4, -0.2) is 11.8 Å². The Labute approximate surface area is 142 Å². The zero-order valence-corrected chi connectivity index (χ0v) is 14.6. The van der Waals surface area contributed by atoms with E-state index >= 15 is 0 Å². The van der Waals surface area contributed by atoms with Crippen LogP contribution in [0.5, 0.6) is 0 Å². The highest BCUT2D eigenvalue weighted by molar-refractivity contribution is 6.32. The molecule has 0 unspecified atom stereocenters. The summed E-state index contributed by atoms with van der Waals surface area (Å²) in [7, 11) is 0. The predicted molar refractivity (Wildman–Crippen MR) is 94.2 cm³/mol. The maximum absolute atomic E-state index is 6.38. The second kappa shape index (κ2) is 7.05. The number of benzene rings is 2. The summed E-state index contributed by atoms with van der Waals surface area (Å²) < 4.78 is 0. The lowest BCUT2D eigenvalue weighted by Crippen LogP contribution is -2.33. The van der Waals surface area contributed by atoms with Gasteiger partial charge in [0, 0.05) is 22.2 Å². The van der Waals surface area contributed by atoms with Gasteiger partial charge < -0.3 is 0 Å². The quantitative estimate of drug-likeness (QED) is 0.593. The number of halogens is 3. The molecule has 21 heavy (non-hydrogen) atoms. The molecule has 0 bridgehead atoms. The van der Waals surface area contributed by atoms with Crippen molar-refractivity contribution in [3.63, 3.8) is 0 Å². The summed E-state index contributed by atoms with van der Waals surface area (Å²) in [5.41, 5.74) is 4.43. The molecule has 0 aromatic heterocycles. The molecule has 0 fully saturated rings. The largest absolute Gasteiger partial charge is 0.126 e. The van der Waals surface area contributed by atoms with Gasteiger partial charge in [-0.05, 0) is 37.5 Å². The highest BCUT2D eigenvalue weighted by atomic mass is 35.5. The van der Waals surface area contributed by atoms with Crippen LogP contribution in [0.3, 0.4) is 0 Å². The molecule has 0 spiro atoms. The molecule has 3 heteroatoms. The SMILES string of the molecule is Cc1cc(C)cc(CC(CCl)(CCl)c2ccccc2Cl)c1. The van der Waals surface area contributed by atoms with Crippen molar-refractivity contribution in [1.29, 1.82) is 0 Å². The van der Waals surface area contributed by atoms with E-state index in [9.17, 15) is 0 Å². The molecule has 0 radical (unpaired) electrons. The van der Waals surface area contributed by atoms with Gasteiger partial charge in [0.1, 0.15) is 0 Å². The number of alkyl halides is 2. The van der Waals surface area contributed by atoms with Gasteiger partial charge in [0.05, 0.1) is 0 Å². The van der Waals surface area contributed by atoms with E-state index in [-0.39, 0.29) is 5.41 Å². The normalized spacial score (nSPS) is 11.7. The molecule has 0 saturated carbocycles. The van der Waals surface area contributed by atoms with Gasteiger partial charge >= 0.3 is 0 Å². The molecule has 0 amide bonds. The molecular formula is C18H19Cl3. The highest BCUT2D eigenvalue weighted by Gasteiger charge is 2.32. The fourth-order valence-electron chi connectivity index (χ4n) is 2.82. The summed E-state index contributed by atoms with van der Waals surface area (Å²) >= 11 is 19.0. The van der Waals surface area contributed by atoms with Crippen molar-refractivity contribution in [3.05, 3.63) is 69.7 Å². The van der Waals surface area contributed by atoms with Crippen LogP contribution < -0.4 is 0 Å². The molecule has 0 saturated heterocycles. The Morgan fingerprint density at radius 2 is 1.48 bits per heavy atom. The van der Waals surface area contributed by atoms with Crippen molar-refractivity contribution in [1.82, 2.24) is 0 Å². The molecule has 0 aliphatic heterocycles. The zero-order valence-electron chi connectivity index (χ0n) is 12.3. The summed E-state index contributed by atoms with van der Waals surface area (Å²) in [6.07, 6.45) is 0.784. The van der Waals surface area contributed by atoms with Crippen molar-refractivity contribution in [2.75, 3.05) is 11.8 Å². The maximum Gasteiger partial charge on any atom is 0.0444 e. The van der Waals surface area contributed by atoms with Gasteiger partial charge in [-0.2, -0.15) is 0 Å². The standard InChI is InChI=1S/C18H19Cl3/c1-13-7-14(2)9-15(8-13)10-18(11-19,12-20)16-5-3-4-6-17(16)21/h3-9H,10-12H2,1-2H3. The summed E-state index contributed by atoms with van der Waals surface area (Å²) in [6.45, 7) is 4.21. The monoisotopic (exact) mass is 340 g/mol. The first-order valence-corrected chi connectivity index (χ1v) is 8.39. The third kappa shape index (κ3) is 3.74. The van der Waals surface area contributed by atoms with Crippen molar-refractivity contribution in [2.24, 2.45) is 0 Å². The first-order chi connectivity index (χ1) is 10.0. The van der Waals surface area contributed by atoms with Gasteiger partial charge in [0.2, 0.25) is 0 Å². The minimum atomic E-state index is -0.346. The molecule has 0 N–H and O–H groups in total. The van der Waals surface area contributed by atoms with Gasteiger partial charge in [-0.1, -0.05) is 59.1 Å². The van der Waals surface area contributed by atoms with E-state index in [2.05, 4.69) is 32.0 Å². The number of aryl methyl sites for hydroxylation is 2. The summed E-state index contributed by atoms with van der Waals surface area (Å²) in [5, 5.41) is 0.725. The van der Waals surface area contributed by atoms with E-state index in [1.54, 1.807) is 0 Å². The van der Waals surface area contributed by atoms with Crippen molar-refractivity contribution in [3.8, 4) is 0 Å². The van der Waals surface area contributed by atoms with Gasteiger partial charge in [0.25, 0.3) is 0 Å². The third-order valence-corrected chi connectivity index (χ3v) is 5.13. The molecule has 2 rings (SSSR count). The average molecular weight is 342 g/mol. The molecule has 0 aliphatic rings. The number of hydrogen-bond acceptors (Lipinski definition) is 0. The molecule has 0 aliphatic carbocycles. The summed E-state index contributed by atoms with van der Waals surface area (Å²) in [4.78, 5) is 0. The van der Waals surface area contributed by atoms with E-state index in [0.717, 1.165) is 17.0 Å². The molecule has 112 valence electrons. The lowest BCUT2D eigenvalue weighted by Gasteiger charge is -2.31. The van der Waals surface area contributed by atoms with Crippen LogP contribution in [-0.2, 0) is 11.8 Å². The van der Waals surface area contributed by atoms with E-state index in [0.29, 0.717) is 11.8 Å². The Morgan fingerprint density at radius 3 is 2.00 bits per heavy atom. The van der Waals surface area contributed by atoms with Crippen molar-refractivity contribution < 1.29 is 0 Å². The van der Waals surface area contributed by atoms with Gasteiger partial charge in [-0.15, -0.1) is 23.2 Å². The Morgan fingerprint density at radius 1 is 0.905 bits per heavy atom. The predicted octanol–water partition coefficient (Wildman–Crippen LogP) is 5.91. The molecule has 0 heterocycles. The van der Waals surface area contributed by atoms with E-state index < -0.39 is 0 Å². The zero-order chi connectivity index (χ0) is 15.5. The van der Waals surface area contributed by atoms with Crippen LogP contribution in [0.1, 0.15) is 22.3 Å². The summed E-state index contributed by atoms with van der Waals surface area (Å²) in [6, 6.07) is 14.4. The van der Waals surface area contributed by atoms with Crippen LogP contribution in [0.2, 0.25) is 5.02 Å². The Balaban J connectivity index is 2.45. The Kier molecular flexibility index (Phi) is 5.60. The maximum atomic E-state index is 6.38. The fourth-order valence-corrected chi connectivity index (χ4v) is 3.92. The molecule has 0 atom stereocenters. The lowest BCUT2D eigenvalue weighted by molar-refractivity contribution is 0.536. The molecule has 2 aromatic carbocycles. The minimum absolute atomic E-state index is 0.346. The smallest absolute Gasteiger partial charge is 0.0444 e. The minimum Gasteiger partial charge on any atom is -0.126 e. The highest BCUT2D eigenvalue weighted by Crippen LogP contribution is 2.36. The number of hydrogen-bond donors (Lipinski definition) is 0. The molecule has 2 aromatic rings. The second-order valence-corrected chi connectivity index (χ2v) is 6.64. The first-order valence-electron chi connectivity index (χ1n) is 6.95. The van der Waals surface area contributed by atoms with E-state index in [1.807, 2.05) is 24.3 Å². The number of rotatable bonds is 5. The Hall–Kier alpha value is -0.690. The fraction of sp³-hybridized carbons (Fsp3) is 0.333.